The quantitative estimate of drug-likeness (QED) is 0.774. The maximum Gasteiger partial charge on any atom is 0.227 e. The summed E-state index contributed by atoms with van der Waals surface area (Å²) < 4.78 is 0. The van der Waals surface area contributed by atoms with Crippen molar-refractivity contribution >= 4 is 5.91 Å². The molecule has 3 N–H and O–H groups in total. The summed E-state index contributed by atoms with van der Waals surface area (Å²) in [6.45, 7) is 7.85. The van der Waals surface area contributed by atoms with Gasteiger partial charge in [-0.25, -0.2) is 0 Å². The van der Waals surface area contributed by atoms with E-state index in [2.05, 4.69) is 26.1 Å². The van der Waals surface area contributed by atoms with E-state index in [0.29, 0.717) is 12.5 Å². The average molecular weight is 240 g/mol. The second-order valence-electron chi connectivity index (χ2n) is 5.89. The molecule has 1 rings (SSSR count). The van der Waals surface area contributed by atoms with Crippen LogP contribution in [0.15, 0.2) is 0 Å². The van der Waals surface area contributed by atoms with Crippen molar-refractivity contribution in [3.63, 3.8) is 0 Å². The van der Waals surface area contributed by atoms with E-state index in [0.717, 1.165) is 44.6 Å². The SMILES string of the molecule is CCC(C)CNC(=O)C1(CN)CCC(C)CC1. The molecule has 3 nitrogen and oxygen atoms in total. The third kappa shape index (κ3) is 3.70. The minimum atomic E-state index is -0.278. The molecule has 0 spiro atoms. The first-order valence-corrected chi connectivity index (χ1v) is 7.02. The first-order chi connectivity index (χ1) is 8.04. The Kier molecular flexibility index (Phi) is 5.44. The van der Waals surface area contributed by atoms with Crippen LogP contribution in [0.25, 0.3) is 0 Å². The van der Waals surface area contributed by atoms with Crippen molar-refractivity contribution in [1.29, 1.82) is 0 Å². The van der Waals surface area contributed by atoms with E-state index in [1.54, 1.807) is 0 Å². The summed E-state index contributed by atoms with van der Waals surface area (Å²) in [6, 6.07) is 0. The number of nitrogens with two attached hydrogens (primary N) is 1. The fourth-order valence-electron chi connectivity index (χ4n) is 2.44. The van der Waals surface area contributed by atoms with Crippen molar-refractivity contribution in [3.8, 4) is 0 Å². The van der Waals surface area contributed by atoms with Crippen molar-refractivity contribution < 1.29 is 4.79 Å². The van der Waals surface area contributed by atoms with Gasteiger partial charge in [0.05, 0.1) is 5.41 Å². The Morgan fingerprint density at radius 2 is 2.06 bits per heavy atom. The topological polar surface area (TPSA) is 55.1 Å². The Labute approximate surface area is 106 Å². The molecule has 17 heavy (non-hydrogen) atoms. The Bertz CT molecular complexity index is 245. The summed E-state index contributed by atoms with van der Waals surface area (Å²) in [7, 11) is 0. The lowest BCUT2D eigenvalue weighted by Crippen LogP contribution is -2.48. The molecule has 1 fully saturated rings. The highest BCUT2D eigenvalue weighted by molar-refractivity contribution is 5.83. The molecular weight excluding hydrogens is 212 g/mol. The van der Waals surface area contributed by atoms with Crippen LogP contribution in [0.2, 0.25) is 0 Å². The van der Waals surface area contributed by atoms with E-state index in [9.17, 15) is 4.79 Å². The monoisotopic (exact) mass is 240 g/mol. The summed E-state index contributed by atoms with van der Waals surface area (Å²) in [5, 5.41) is 3.09. The first kappa shape index (κ1) is 14.5. The number of hydrogen-bond acceptors (Lipinski definition) is 2. The molecule has 0 aromatic rings. The zero-order chi connectivity index (χ0) is 12.9. The third-order valence-corrected chi connectivity index (χ3v) is 4.41. The van der Waals surface area contributed by atoms with E-state index in [1.807, 2.05) is 0 Å². The average Bonchev–Trinajstić information content (AvgIpc) is 2.36. The molecule has 100 valence electrons. The van der Waals surface area contributed by atoms with Crippen LogP contribution in [0.4, 0.5) is 0 Å². The molecule has 1 unspecified atom stereocenters. The van der Waals surface area contributed by atoms with Crippen LogP contribution in [0.1, 0.15) is 52.9 Å². The van der Waals surface area contributed by atoms with Crippen LogP contribution in [-0.4, -0.2) is 19.0 Å². The molecule has 0 heterocycles. The molecule has 3 heteroatoms. The largest absolute Gasteiger partial charge is 0.355 e. The highest BCUT2D eigenvalue weighted by Crippen LogP contribution is 2.38. The van der Waals surface area contributed by atoms with Gasteiger partial charge in [-0.05, 0) is 37.5 Å². The molecule has 0 aromatic carbocycles. The lowest BCUT2D eigenvalue weighted by atomic mass is 9.70. The molecule has 1 amide bonds. The number of nitrogens with one attached hydrogen (secondary N) is 1. The van der Waals surface area contributed by atoms with Crippen molar-refractivity contribution in [2.45, 2.75) is 52.9 Å². The molecule has 0 aliphatic heterocycles. The van der Waals surface area contributed by atoms with Gasteiger partial charge < -0.3 is 11.1 Å². The first-order valence-electron chi connectivity index (χ1n) is 7.02. The van der Waals surface area contributed by atoms with E-state index < -0.39 is 0 Å². The lowest BCUT2D eigenvalue weighted by Gasteiger charge is -2.37. The van der Waals surface area contributed by atoms with Gasteiger partial charge in [0.2, 0.25) is 5.91 Å². The molecule has 1 atom stereocenters. The van der Waals surface area contributed by atoms with E-state index in [-0.39, 0.29) is 11.3 Å². The van der Waals surface area contributed by atoms with Gasteiger partial charge >= 0.3 is 0 Å². The van der Waals surface area contributed by atoms with Crippen LogP contribution in [0, 0.1) is 17.3 Å². The normalized spacial score (nSPS) is 30.9. The highest BCUT2D eigenvalue weighted by Gasteiger charge is 2.39. The molecule has 1 saturated carbocycles. The molecule has 0 saturated heterocycles. The number of hydrogen-bond donors (Lipinski definition) is 2. The van der Waals surface area contributed by atoms with Gasteiger partial charge in [-0.2, -0.15) is 0 Å². The smallest absolute Gasteiger partial charge is 0.227 e. The Morgan fingerprint density at radius 3 is 2.53 bits per heavy atom. The Balaban J connectivity index is 2.51. The number of carbonyl (C=O) groups excluding carboxylic acids is 1. The maximum absolute atomic E-state index is 12.3. The number of rotatable bonds is 5. The minimum Gasteiger partial charge on any atom is -0.355 e. The predicted molar refractivity (Wildman–Crippen MR) is 71.6 cm³/mol. The van der Waals surface area contributed by atoms with E-state index in [4.69, 9.17) is 5.73 Å². The molecule has 0 radical (unpaired) electrons. The summed E-state index contributed by atoms with van der Waals surface area (Å²) in [4.78, 5) is 12.3. The van der Waals surface area contributed by atoms with Gasteiger partial charge in [-0.15, -0.1) is 0 Å². The van der Waals surface area contributed by atoms with Gasteiger partial charge in [0, 0.05) is 13.1 Å². The summed E-state index contributed by atoms with van der Waals surface area (Å²) in [5.74, 6) is 1.49. The molecular formula is C14H28N2O. The predicted octanol–water partition coefficient (Wildman–Crippen LogP) is 2.30. The maximum atomic E-state index is 12.3. The molecule has 1 aliphatic carbocycles. The molecule has 0 aromatic heterocycles. The second-order valence-corrected chi connectivity index (χ2v) is 5.89. The number of amides is 1. The van der Waals surface area contributed by atoms with Crippen molar-refractivity contribution in [3.05, 3.63) is 0 Å². The van der Waals surface area contributed by atoms with Crippen molar-refractivity contribution in [2.24, 2.45) is 23.0 Å². The zero-order valence-electron chi connectivity index (χ0n) is 11.6. The van der Waals surface area contributed by atoms with Crippen molar-refractivity contribution in [2.75, 3.05) is 13.1 Å². The minimum absolute atomic E-state index is 0.187. The van der Waals surface area contributed by atoms with Crippen LogP contribution in [-0.2, 0) is 4.79 Å². The number of carbonyl (C=O) groups is 1. The fraction of sp³-hybridized carbons (Fsp3) is 0.929. The fourth-order valence-corrected chi connectivity index (χ4v) is 2.44. The zero-order valence-corrected chi connectivity index (χ0v) is 11.6. The Morgan fingerprint density at radius 1 is 1.47 bits per heavy atom. The summed E-state index contributed by atoms with van der Waals surface area (Å²) in [6.07, 6.45) is 5.28. The van der Waals surface area contributed by atoms with Crippen LogP contribution < -0.4 is 11.1 Å². The molecule has 0 bridgehead atoms. The summed E-state index contributed by atoms with van der Waals surface area (Å²) >= 11 is 0. The van der Waals surface area contributed by atoms with E-state index >= 15 is 0 Å². The van der Waals surface area contributed by atoms with Gasteiger partial charge in [-0.3, -0.25) is 4.79 Å². The lowest BCUT2D eigenvalue weighted by molar-refractivity contribution is -0.133. The van der Waals surface area contributed by atoms with Gasteiger partial charge in [0.25, 0.3) is 0 Å². The third-order valence-electron chi connectivity index (χ3n) is 4.41. The highest BCUT2D eigenvalue weighted by atomic mass is 16.2. The van der Waals surface area contributed by atoms with Gasteiger partial charge in [-0.1, -0.05) is 27.2 Å². The second kappa shape index (κ2) is 6.39. The van der Waals surface area contributed by atoms with Gasteiger partial charge in [0.1, 0.15) is 0 Å². The van der Waals surface area contributed by atoms with Gasteiger partial charge in [0.15, 0.2) is 0 Å². The Hall–Kier alpha value is -0.570. The standard InChI is InChI=1S/C14H28N2O/c1-4-11(2)9-16-13(17)14(10-15)7-5-12(3)6-8-14/h11-12H,4-10,15H2,1-3H3,(H,16,17). The van der Waals surface area contributed by atoms with Crippen LogP contribution in [0.3, 0.4) is 0 Å². The van der Waals surface area contributed by atoms with Crippen molar-refractivity contribution in [1.82, 2.24) is 5.32 Å². The van der Waals surface area contributed by atoms with E-state index in [1.165, 1.54) is 0 Å². The van der Waals surface area contributed by atoms with Crippen LogP contribution in [0.5, 0.6) is 0 Å². The summed E-state index contributed by atoms with van der Waals surface area (Å²) in [5.41, 5.74) is 5.58. The molecule has 1 aliphatic rings. The van der Waals surface area contributed by atoms with Crippen LogP contribution >= 0.6 is 0 Å².